The highest BCUT2D eigenvalue weighted by Gasteiger charge is 2.16. The van der Waals surface area contributed by atoms with Gasteiger partial charge >= 0.3 is 0 Å². The number of nitrogens with zero attached hydrogens (tertiary/aromatic N) is 3. The average Bonchev–Trinajstić information content (AvgIpc) is 3.17. The summed E-state index contributed by atoms with van der Waals surface area (Å²) in [5, 5.41) is 9.30. The fraction of sp³-hybridized carbons (Fsp3) is 0.0909. The van der Waals surface area contributed by atoms with Crippen molar-refractivity contribution in [3.05, 3.63) is 90.0 Å². The predicted octanol–water partition coefficient (Wildman–Crippen LogP) is 5.51. The molecular weight excluding hydrogens is 392 g/mol. The molecule has 29 heavy (non-hydrogen) atoms. The number of aromatic nitrogens is 3. The van der Waals surface area contributed by atoms with Crippen LogP contribution in [-0.4, -0.2) is 21.9 Å². The highest BCUT2D eigenvalue weighted by Crippen LogP contribution is 2.30. The van der Waals surface area contributed by atoms with Crippen LogP contribution >= 0.6 is 11.8 Å². The van der Waals surface area contributed by atoms with Gasteiger partial charge in [0.2, 0.25) is 0 Å². The number of rotatable bonds is 6. The van der Waals surface area contributed by atoms with E-state index in [1.807, 2.05) is 28.8 Å². The summed E-state index contributed by atoms with van der Waals surface area (Å²) >= 11 is 1.51. The summed E-state index contributed by atoms with van der Waals surface area (Å²) in [5.41, 5.74) is 2.56. The number of ether oxygens (including phenoxy) is 1. The van der Waals surface area contributed by atoms with E-state index in [1.165, 1.54) is 36.0 Å². The minimum Gasteiger partial charge on any atom is -0.497 e. The normalized spacial score (nSPS) is 10.9. The summed E-state index contributed by atoms with van der Waals surface area (Å²) in [6, 6.07) is 20.0. The van der Waals surface area contributed by atoms with Crippen LogP contribution in [0.4, 0.5) is 8.78 Å². The van der Waals surface area contributed by atoms with E-state index in [2.05, 4.69) is 10.2 Å². The van der Waals surface area contributed by atoms with Crippen molar-refractivity contribution in [3.8, 4) is 22.8 Å². The van der Waals surface area contributed by atoms with Gasteiger partial charge in [-0.2, -0.15) is 0 Å². The molecule has 4 nitrogen and oxygen atoms in total. The summed E-state index contributed by atoms with van der Waals surface area (Å²) in [4.78, 5) is 0. The lowest BCUT2D eigenvalue weighted by Crippen LogP contribution is -2.00. The van der Waals surface area contributed by atoms with Crippen LogP contribution in [-0.2, 0) is 5.75 Å². The first-order valence-corrected chi connectivity index (χ1v) is 9.85. The van der Waals surface area contributed by atoms with Crippen molar-refractivity contribution in [2.45, 2.75) is 10.9 Å². The summed E-state index contributed by atoms with van der Waals surface area (Å²) in [6.45, 7) is 0. The Labute approximate surface area is 171 Å². The van der Waals surface area contributed by atoms with E-state index >= 15 is 0 Å². The monoisotopic (exact) mass is 409 g/mol. The van der Waals surface area contributed by atoms with E-state index in [0.717, 1.165) is 22.6 Å². The Kier molecular flexibility index (Phi) is 5.57. The van der Waals surface area contributed by atoms with Crippen LogP contribution in [0.3, 0.4) is 0 Å². The number of halogens is 2. The van der Waals surface area contributed by atoms with Gasteiger partial charge in [-0.25, -0.2) is 8.78 Å². The van der Waals surface area contributed by atoms with Crippen LogP contribution in [0.1, 0.15) is 5.56 Å². The van der Waals surface area contributed by atoms with Crippen molar-refractivity contribution in [2.75, 3.05) is 7.11 Å². The Morgan fingerprint density at radius 2 is 1.45 bits per heavy atom. The number of hydrogen-bond acceptors (Lipinski definition) is 4. The lowest BCUT2D eigenvalue weighted by atomic mass is 10.2. The first kappa shape index (κ1) is 19.1. The van der Waals surface area contributed by atoms with Gasteiger partial charge in [0.25, 0.3) is 0 Å². The van der Waals surface area contributed by atoms with Crippen LogP contribution in [0.15, 0.2) is 78.0 Å². The van der Waals surface area contributed by atoms with E-state index in [0.29, 0.717) is 16.7 Å². The Balaban J connectivity index is 1.69. The molecule has 0 atom stereocenters. The van der Waals surface area contributed by atoms with Gasteiger partial charge in [-0.15, -0.1) is 10.2 Å². The molecule has 0 bridgehead atoms. The lowest BCUT2D eigenvalue weighted by Gasteiger charge is -2.11. The van der Waals surface area contributed by atoms with Gasteiger partial charge in [0.15, 0.2) is 11.0 Å². The molecule has 0 aliphatic rings. The maximum atomic E-state index is 13.4. The highest BCUT2D eigenvalue weighted by molar-refractivity contribution is 7.98. The van der Waals surface area contributed by atoms with Crippen LogP contribution < -0.4 is 4.74 Å². The molecular formula is C22H17F2N3OS. The van der Waals surface area contributed by atoms with Crippen molar-refractivity contribution in [1.29, 1.82) is 0 Å². The number of hydrogen-bond donors (Lipinski definition) is 0. The van der Waals surface area contributed by atoms with Crippen LogP contribution in [0.25, 0.3) is 17.1 Å². The fourth-order valence-corrected chi connectivity index (χ4v) is 3.75. The maximum absolute atomic E-state index is 13.4. The zero-order chi connectivity index (χ0) is 20.2. The van der Waals surface area contributed by atoms with Crippen LogP contribution in [0.2, 0.25) is 0 Å². The second kappa shape index (κ2) is 8.45. The largest absolute Gasteiger partial charge is 0.497 e. The first-order valence-electron chi connectivity index (χ1n) is 8.87. The van der Waals surface area contributed by atoms with E-state index in [4.69, 9.17) is 4.74 Å². The summed E-state index contributed by atoms with van der Waals surface area (Å²) in [7, 11) is 1.63. The van der Waals surface area contributed by atoms with Gasteiger partial charge in [0.05, 0.1) is 7.11 Å². The summed E-state index contributed by atoms with van der Waals surface area (Å²) < 4.78 is 33.8. The molecule has 3 aromatic carbocycles. The zero-order valence-electron chi connectivity index (χ0n) is 15.5. The van der Waals surface area contributed by atoms with Gasteiger partial charge in [-0.1, -0.05) is 23.9 Å². The minimum atomic E-state index is -0.323. The Morgan fingerprint density at radius 3 is 2.07 bits per heavy atom. The molecule has 0 unspecified atom stereocenters. The van der Waals surface area contributed by atoms with Crippen molar-refractivity contribution in [3.63, 3.8) is 0 Å². The molecule has 0 saturated carbocycles. The van der Waals surface area contributed by atoms with E-state index < -0.39 is 0 Å². The molecule has 0 fully saturated rings. The molecule has 146 valence electrons. The summed E-state index contributed by atoms with van der Waals surface area (Å²) in [6.07, 6.45) is 0. The molecule has 7 heteroatoms. The molecule has 0 radical (unpaired) electrons. The Bertz CT molecular complexity index is 1090. The smallest absolute Gasteiger partial charge is 0.196 e. The van der Waals surface area contributed by atoms with Crippen molar-refractivity contribution < 1.29 is 13.5 Å². The molecule has 0 aliphatic carbocycles. The molecule has 0 spiro atoms. The predicted molar refractivity (Wildman–Crippen MR) is 109 cm³/mol. The van der Waals surface area contributed by atoms with Crippen molar-refractivity contribution in [2.24, 2.45) is 0 Å². The van der Waals surface area contributed by atoms with Gasteiger partial charge in [0.1, 0.15) is 17.4 Å². The molecule has 1 aromatic heterocycles. The van der Waals surface area contributed by atoms with Gasteiger partial charge in [-0.05, 0) is 66.2 Å². The first-order chi connectivity index (χ1) is 14.1. The Hall–Kier alpha value is -3.19. The second-order valence-corrected chi connectivity index (χ2v) is 7.20. The average molecular weight is 409 g/mol. The Morgan fingerprint density at radius 1 is 0.828 bits per heavy atom. The SMILES string of the molecule is COc1ccc(CSc2nnc(-c3ccc(F)cc3)n2-c2ccc(F)cc2)cc1. The molecule has 0 aliphatic heterocycles. The van der Waals surface area contributed by atoms with E-state index in [1.54, 1.807) is 31.4 Å². The number of methoxy groups -OCH3 is 1. The molecule has 4 rings (SSSR count). The second-order valence-electron chi connectivity index (χ2n) is 6.26. The van der Waals surface area contributed by atoms with Gasteiger partial charge in [0, 0.05) is 17.0 Å². The maximum Gasteiger partial charge on any atom is 0.196 e. The highest BCUT2D eigenvalue weighted by atomic mass is 32.2. The fourth-order valence-electron chi connectivity index (χ4n) is 2.84. The minimum absolute atomic E-state index is 0.322. The van der Waals surface area contributed by atoms with Crippen molar-refractivity contribution >= 4 is 11.8 Å². The quantitative estimate of drug-likeness (QED) is 0.394. The lowest BCUT2D eigenvalue weighted by molar-refractivity contribution is 0.414. The number of thioether (sulfide) groups is 1. The third-order valence-corrected chi connectivity index (χ3v) is 5.35. The zero-order valence-corrected chi connectivity index (χ0v) is 16.4. The van der Waals surface area contributed by atoms with E-state index in [9.17, 15) is 8.78 Å². The molecule has 4 aromatic rings. The molecule has 0 N–H and O–H groups in total. The molecule has 1 heterocycles. The van der Waals surface area contributed by atoms with E-state index in [-0.39, 0.29) is 11.6 Å². The summed E-state index contributed by atoms with van der Waals surface area (Å²) in [5.74, 6) is 1.39. The number of benzene rings is 3. The topological polar surface area (TPSA) is 39.9 Å². The van der Waals surface area contributed by atoms with Gasteiger partial charge < -0.3 is 4.74 Å². The standard InChI is InChI=1S/C22H17F2N3OS/c1-28-20-12-2-15(3-13-20)14-29-22-26-25-21(16-4-6-17(23)7-5-16)27(22)19-10-8-18(24)9-11-19/h2-13H,14H2,1H3. The van der Waals surface area contributed by atoms with Gasteiger partial charge in [-0.3, -0.25) is 4.57 Å². The van der Waals surface area contributed by atoms with Crippen LogP contribution in [0, 0.1) is 11.6 Å². The third-order valence-electron chi connectivity index (χ3n) is 4.35. The molecule has 0 amide bonds. The van der Waals surface area contributed by atoms with Crippen molar-refractivity contribution in [1.82, 2.24) is 14.8 Å². The molecule has 0 saturated heterocycles. The van der Waals surface area contributed by atoms with Crippen LogP contribution in [0.5, 0.6) is 5.75 Å². The third kappa shape index (κ3) is 4.30.